The molecule has 0 aliphatic carbocycles. The summed E-state index contributed by atoms with van der Waals surface area (Å²) in [6.07, 6.45) is -1.73. The van der Waals surface area contributed by atoms with Crippen molar-refractivity contribution in [2.45, 2.75) is 46.0 Å². The molecule has 0 aromatic carbocycles. The van der Waals surface area contributed by atoms with Crippen LogP contribution in [0.15, 0.2) is 18.3 Å². The smallest absolute Gasteiger partial charge is 0.474 e. The van der Waals surface area contributed by atoms with Gasteiger partial charge in [0.05, 0.1) is 5.41 Å². The third-order valence-electron chi connectivity index (χ3n) is 4.92. The van der Waals surface area contributed by atoms with Crippen LogP contribution >= 0.6 is 0 Å². The molecule has 1 aromatic rings. The highest BCUT2D eigenvalue weighted by Gasteiger charge is 2.36. The number of hydrogen-bond acceptors (Lipinski definition) is 5. The number of amides is 1. The number of pyridine rings is 1. The Bertz CT molecular complexity index is 667. The fraction of sp³-hybridized carbons (Fsp3) is 0.684. The highest BCUT2D eigenvalue weighted by Crippen LogP contribution is 2.31. The first-order valence-electron chi connectivity index (χ1n) is 9.35. The third kappa shape index (κ3) is 6.25. The molecule has 1 amide bonds. The average Bonchev–Trinajstić information content (AvgIpc) is 2.61. The second-order valence-electron chi connectivity index (χ2n) is 7.83. The van der Waals surface area contributed by atoms with E-state index >= 15 is 0 Å². The maximum Gasteiger partial charge on any atom is 0.573 e. The molecular weight excluding hydrogens is 375 g/mol. The quantitative estimate of drug-likeness (QED) is 0.757. The second kappa shape index (κ2) is 8.98. The van der Waals surface area contributed by atoms with E-state index in [2.05, 4.69) is 33.9 Å². The molecule has 1 fully saturated rings. The van der Waals surface area contributed by atoms with Crippen molar-refractivity contribution in [2.24, 2.45) is 11.3 Å². The number of nitrogens with one attached hydrogen (secondary N) is 1. The van der Waals surface area contributed by atoms with Gasteiger partial charge in [0, 0.05) is 18.8 Å². The van der Waals surface area contributed by atoms with E-state index in [1.807, 2.05) is 0 Å². The number of likely N-dealkylation sites (tertiary alicyclic amines) is 1. The number of carbonyl (C=O) groups excluding carboxylic acids is 1. The largest absolute Gasteiger partial charge is 0.573 e. The molecule has 1 aromatic heterocycles. The summed E-state index contributed by atoms with van der Waals surface area (Å²) < 4.78 is 46.9. The molecule has 1 saturated heterocycles. The van der Waals surface area contributed by atoms with E-state index in [9.17, 15) is 18.0 Å². The number of alkyl halides is 3. The summed E-state index contributed by atoms with van der Waals surface area (Å²) >= 11 is 0. The number of halogens is 3. The van der Waals surface area contributed by atoms with Crippen LogP contribution in [0, 0.1) is 11.3 Å². The molecule has 0 saturated carbocycles. The van der Waals surface area contributed by atoms with Crippen LogP contribution in [0.3, 0.4) is 0 Å². The van der Waals surface area contributed by atoms with Gasteiger partial charge in [-0.05, 0) is 51.9 Å². The van der Waals surface area contributed by atoms with Crippen molar-refractivity contribution in [1.82, 2.24) is 15.2 Å². The minimum absolute atomic E-state index is 0.0759. The topological polar surface area (TPSA) is 63.7 Å². The highest BCUT2D eigenvalue weighted by atomic mass is 19.4. The molecule has 0 spiro atoms. The van der Waals surface area contributed by atoms with E-state index in [0.717, 1.165) is 32.0 Å². The van der Waals surface area contributed by atoms with Crippen LogP contribution in [0.1, 0.15) is 33.6 Å². The predicted molar refractivity (Wildman–Crippen MR) is 98.0 cm³/mol. The Kier molecular flexibility index (Phi) is 7.14. The lowest BCUT2D eigenvalue weighted by atomic mass is 9.87. The summed E-state index contributed by atoms with van der Waals surface area (Å²) in [7, 11) is 2.06. The van der Waals surface area contributed by atoms with E-state index in [1.165, 1.54) is 12.3 Å². The van der Waals surface area contributed by atoms with Gasteiger partial charge in [0.2, 0.25) is 5.91 Å². The van der Waals surface area contributed by atoms with Crippen LogP contribution in [0.5, 0.6) is 11.6 Å². The Hall–Kier alpha value is -2.03. The van der Waals surface area contributed by atoms with Crippen LogP contribution in [-0.4, -0.2) is 54.9 Å². The molecule has 0 radical (unpaired) electrons. The zero-order valence-electron chi connectivity index (χ0n) is 16.7. The van der Waals surface area contributed by atoms with Crippen LogP contribution < -0.4 is 14.8 Å². The first-order valence-corrected chi connectivity index (χ1v) is 9.35. The van der Waals surface area contributed by atoms with Gasteiger partial charge in [0.15, 0.2) is 5.75 Å². The zero-order valence-corrected chi connectivity index (χ0v) is 16.7. The minimum Gasteiger partial charge on any atom is -0.474 e. The maximum atomic E-state index is 12.8. The molecule has 2 rings (SSSR count). The van der Waals surface area contributed by atoms with Crippen LogP contribution in [0.4, 0.5) is 13.2 Å². The molecule has 0 bridgehead atoms. The van der Waals surface area contributed by atoms with Gasteiger partial charge in [-0.15, -0.1) is 13.2 Å². The number of hydrogen-bond donors (Lipinski definition) is 1. The Morgan fingerprint density at radius 1 is 1.39 bits per heavy atom. The van der Waals surface area contributed by atoms with E-state index in [1.54, 1.807) is 13.8 Å². The fourth-order valence-corrected chi connectivity index (χ4v) is 3.18. The molecule has 9 heteroatoms. The third-order valence-corrected chi connectivity index (χ3v) is 4.92. The number of piperidine rings is 1. The molecule has 28 heavy (non-hydrogen) atoms. The van der Waals surface area contributed by atoms with Gasteiger partial charge < -0.3 is 19.7 Å². The first-order chi connectivity index (χ1) is 13.0. The molecule has 1 N–H and O–H groups in total. The number of ether oxygens (including phenoxy) is 2. The van der Waals surface area contributed by atoms with Gasteiger partial charge in [0.25, 0.3) is 5.88 Å². The fourth-order valence-electron chi connectivity index (χ4n) is 3.18. The van der Waals surface area contributed by atoms with Gasteiger partial charge >= 0.3 is 6.36 Å². The monoisotopic (exact) mass is 403 g/mol. The average molecular weight is 403 g/mol. The molecule has 1 aliphatic rings. The lowest BCUT2D eigenvalue weighted by Gasteiger charge is -2.38. The number of rotatable bonds is 7. The van der Waals surface area contributed by atoms with E-state index in [-0.39, 0.29) is 24.4 Å². The van der Waals surface area contributed by atoms with Crippen molar-refractivity contribution in [3.8, 4) is 11.6 Å². The van der Waals surface area contributed by atoms with Gasteiger partial charge in [0.1, 0.15) is 6.61 Å². The summed E-state index contributed by atoms with van der Waals surface area (Å²) in [5.41, 5.74) is -0.950. The van der Waals surface area contributed by atoms with Gasteiger partial charge in [-0.1, -0.05) is 13.3 Å². The normalized spacial score (nSPS) is 21.2. The molecule has 2 atom stereocenters. The Morgan fingerprint density at radius 2 is 2.11 bits per heavy atom. The number of nitrogens with zero attached hydrogens (tertiary/aromatic N) is 2. The van der Waals surface area contributed by atoms with Crippen molar-refractivity contribution in [3.05, 3.63) is 18.3 Å². The molecule has 1 aliphatic heterocycles. The summed E-state index contributed by atoms with van der Waals surface area (Å²) in [5, 5.41) is 3.09. The van der Waals surface area contributed by atoms with Gasteiger partial charge in [-0.3, -0.25) is 4.79 Å². The first kappa shape index (κ1) is 22.3. The molecule has 6 nitrogen and oxygen atoms in total. The van der Waals surface area contributed by atoms with Crippen molar-refractivity contribution >= 4 is 5.91 Å². The van der Waals surface area contributed by atoms with E-state index < -0.39 is 17.5 Å². The van der Waals surface area contributed by atoms with Crippen LogP contribution in [-0.2, 0) is 4.79 Å². The Balaban J connectivity index is 1.99. The van der Waals surface area contributed by atoms with Crippen molar-refractivity contribution in [1.29, 1.82) is 0 Å². The van der Waals surface area contributed by atoms with Gasteiger partial charge in [-0.25, -0.2) is 4.98 Å². The summed E-state index contributed by atoms with van der Waals surface area (Å²) in [5.74, 6) is -0.671. The minimum atomic E-state index is -4.85. The van der Waals surface area contributed by atoms with Crippen molar-refractivity contribution in [3.63, 3.8) is 0 Å². The van der Waals surface area contributed by atoms with Gasteiger partial charge in [-0.2, -0.15) is 0 Å². The molecule has 0 unspecified atom stereocenters. The maximum absolute atomic E-state index is 12.8. The lowest BCUT2D eigenvalue weighted by molar-refractivity contribution is -0.275. The second-order valence-corrected chi connectivity index (χ2v) is 7.83. The zero-order chi connectivity index (χ0) is 20.9. The van der Waals surface area contributed by atoms with Crippen molar-refractivity contribution in [2.75, 3.05) is 26.7 Å². The van der Waals surface area contributed by atoms with Crippen LogP contribution in [0.25, 0.3) is 0 Å². The van der Waals surface area contributed by atoms with E-state index in [4.69, 9.17) is 4.74 Å². The molecule has 158 valence electrons. The SMILES string of the molecule is CC[C@H]1CN(C)CC[C@@H]1NC(=O)C(C)(C)COc1ncccc1OC(F)(F)F. The van der Waals surface area contributed by atoms with E-state index in [0.29, 0.717) is 5.92 Å². The Labute approximate surface area is 163 Å². The molecule has 2 heterocycles. The Morgan fingerprint density at radius 3 is 2.75 bits per heavy atom. The summed E-state index contributed by atoms with van der Waals surface area (Å²) in [6, 6.07) is 2.51. The lowest BCUT2D eigenvalue weighted by Crippen LogP contribution is -2.53. The number of carbonyl (C=O) groups is 1. The summed E-state index contributed by atoms with van der Waals surface area (Å²) in [4.78, 5) is 18.8. The summed E-state index contributed by atoms with van der Waals surface area (Å²) in [6.45, 7) is 7.17. The van der Waals surface area contributed by atoms with Crippen LogP contribution in [0.2, 0.25) is 0 Å². The number of aromatic nitrogens is 1. The standard InChI is InChI=1S/C19H28F3N3O3/c1-5-13-11-25(4)10-8-14(13)24-17(26)18(2,3)12-27-16-15(7-6-9-23-16)28-19(20,21)22/h6-7,9,13-14H,5,8,10-12H2,1-4H3,(H,24,26)/t13-,14-/m0/s1. The van der Waals surface area contributed by atoms with Crippen molar-refractivity contribution < 1.29 is 27.4 Å². The highest BCUT2D eigenvalue weighted by molar-refractivity contribution is 5.82. The molecular formula is C19H28F3N3O3. The predicted octanol–water partition coefficient (Wildman–Crippen LogP) is 3.23.